The van der Waals surface area contributed by atoms with Crippen molar-refractivity contribution < 1.29 is 13.9 Å². The van der Waals surface area contributed by atoms with Gasteiger partial charge in [-0.1, -0.05) is 18.2 Å². The molecule has 1 saturated heterocycles. The summed E-state index contributed by atoms with van der Waals surface area (Å²) in [7, 11) is 1.67. The fourth-order valence-electron chi connectivity index (χ4n) is 3.28. The molecule has 2 aromatic carbocycles. The van der Waals surface area contributed by atoms with E-state index in [2.05, 4.69) is 17.0 Å². The molecule has 26 heavy (non-hydrogen) atoms. The smallest absolute Gasteiger partial charge is 0.254 e. The van der Waals surface area contributed by atoms with E-state index >= 15 is 0 Å². The molecular formula is C21H25FN2O2. The number of carbonyl (C=O) groups is 1. The molecule has 3 rings (SSSR count). The van der Waals surface area contributed by atoms with Crippen LogP contribution in [-0.4, -0.2) is 55.5 Å². The number of methoxy groups -OCH3 is 1. The van der Waals surface area contributed by atoms with Crippen LogP contribution in [0.3, 0.4) is 0 Å². The Morgan fingerprint density at radius 3 is 2.62 bits per heavy atom. The number of rotatable bonds is 5. The van der Waals surface area contributed by atoms with Gasteiger partial charge in [0.2, 0.25) is 0 Å². The lowest BCUT2D eigenvalue weighted by molar-refractivity contribution is 0.0761. The molecule has 1 amide bonds. The van der Waals surface area contributed by atoms with E-state index in [0.29, 0.717) is 18.7 Å². The van der Waals surface area contributed by atoms with Crippen molar-refractivity contribution >= 4 is 5.91 Å². The molecule has 1 heterocycles. The summed E-state index contributed by atoms with van der Waals surface area (Å²) in [4.78, 5) is 16.8. The lowest BCUT2D eigenvalue weighted by atomic mass is 10.1. The highest BCUT2D eigenvalue weighted by molar-refractivity contribution is 5.94. The standard InChI is InChI=1S/C21H25FN2O2/c1-26-20-8-6-17(7-9-20)10-13-23-11-3-12-24(15-14-23)21(25)18-4-2-5-19(22)16-18/h2,4-9,16H,3,10-15H2,1H3. The largest absolute Gasteiger partial charge is 0.497 e. The minimum Gasteiger partial charge on any atom is -0.497 e. The molecule has 0 saturated carbocycles. The summed E-state index contributed by atoms with van der Waals surface area (Å²) in [6, 6.07) is 14.1. The Morgan fingerprint density at radius 1 is 1.08 bits per heavy atom. The van der Waals surface area contributed by atoms with Crippen LogP contribution >= 0.6 is 0 Å². The van der Waals surface area contributed by atoms with Gasteiger partial charge in [0.15, 0.2) is 0 Å². The molecule has 2 aromatic rings. The predicted molar refractivity (Wildman–Crippen MR) is 100 cm³/mol. The SMILES string of the molecule is COc1ccc(CCN2CCCN(C(=O)c3cccc(F)c3)CC2)cc1. The summed E-state index contributed by atoms with van der Waals surface area (Å²) < 4.78 is 18.5. The number of benzene rings is 2. The van der Waals surface area contributed by atoms with Gasteiger partial charge < -0.3 is 14.5 Å². The first-order valence-corrected chi connectivity index (χ1v) is 9.06. The molecule has 0 radical (unpaired) electrons. The van der Waals surface area contributed by atoms with Crippen molar-refractivity contribution in [2.75, 3.05) is 39.8 Å². The molecule has 0 bridgehead atoms. The Hall–Kier alpha value is -2.40. The summed E-state index contributed by atoms with van der Waals surface area (Å²) in [5, 5.41) is 0. The molecule has 0 spiro atoms. The van der Waals surface area contributed by atoms with E-state index in [1.54, 1.807) is 19.2 Å². The van der Waals surface area contributed by atoms with Crippen molar-refractivity contribution in [3.63, 3.8) is 0 Å². The van der Waals surface area contributed by atoms with Crippen LogP contribution in [-0.2, 0) is 6.42 Å². The number of halogens is 1. The van der Waals surface area contributed by atoms with Crippen molar-refractivity contribution in [1.82, 2.24) is 9.80 Å². The third kappa shape index (κ3) is 4.82. The molecule has 0 aliphatic carbocycles. The van der Waals surface area contributed by atoms with Crippen LogP contribution in [0.1, 0.15) is 22.3 Å². The summed E-state index contributed by atoms with van der Waals surface area (Å²) in [5.41, 5.74) is 1.71. The molecular weight excluding hydrogens is 331 g/mol. The van der Waals surface area contributed by atoms with Gasteiger partial charge in [-0.2, -0.15) is 0 Å². The van der Waals surface area contributed by atoms with Gasteiger partial charge >= 0.3 is 0 Å². The number of hydrogen-bond donors (Lipinski definition) is 0. The minimum absolute atomic E-state index is 0.0819. The quantitative estimate of drug-likeness (QED) is 0.825. The summed E-state index contributed by atoms with van der Waals surface area (Å²) in [5.74, 6) is 0.420. The van der Waals surface area contributed by atoms with Crippen LogP contribution in [0, 0.1) is 5.82 Å². The molecule has 4 nitrogen and oxygen atoms in total. The van der Waals surface area contributed by atoms with Crippen LogP contribution in [0.2, 0.25) is 0 Å². The lowest BCUT2D eigenvalue weighted by Gasteiger charge is -2.22. The maximum absolute atomic E-state index is 13.4. The number of hydrogen-bond acceptors (Lipinski definition) is 3. The first kappa shape index (κ1) is 18.4. The lowest BCUT2D eigenvalue weighted by Crippen LogP contribution is -2.35. The highest BCUT2D eigenvalue weighted by Crippen LogP contribution is 2.14. The summed E-state index contributed by atoms with van der Waals surface area (Å²) >= 11 is 0. The zero-order valence-electron chi connectivity index (χ0n) is 15.2. The first-order chi connectivity index (χ1) is 12.7. The van der Waals surface area contributed by atoms with E-state index in [1.807, 2.05) is 17.0 Å². The Labute approximate surface area is 154 Å². The number of carbonyl (C=O) groups excluding carboxylic acids is 1. The first-order valence-electron chi connectivity index (χ1n) is 9.06. The highest BCUT2D eigenvalue weighted by Gasteiger charge is 2.20. The Morgan fingerprint density at radius 2 is 1.88 bits per heavy atom. The van der Waals surface area contributed by atoms with Gasteiger partial charge in [-0.25, -0.2) is 4.39 Å². The molecule has 0 aromatic heterocycles. The second-order valence-electron chi connectivity index (χ2n) is 6.60. The Bertz CT molecular complexity index is 733. The zero-order valence-corrected chi connectivity index (χ0v) is 15.2. The van der Waals surface area contributed by atoms with E-state index in [-0.39, 0.29) is 11.7 Å². The van der Waals surface area contributed by atoms with Gasteiger partial charge in [0, 0.05) is 31.7 Å². The van der Waals surface area contributed by atoms with Crippen molar-refractivity contribution in [3.05, 3.63) is 65.5 Å². The van der Waals surface area contributed by atoms with E-state index < -0.39 is 0 Å². The molecule has 138 valence electrons. The third-order valence-corrected chi connectivity index (χ3v) is 4.82. The maximum Gasteiger partial charge on any atom is 0.254 e. The van der Waals surface area contributed by atoms with E-state index in [4.69, 9.17) is 4.74 Å². The molecule has 0 unspecified atom stereocenters. The molecule has 1 aliphatic heterocycles. The predicted octanol–water partition coefficient (Wildman–Crippen LogP) is 3.22. The number of nitrogens with zero attached hydrogens (tertiary/aromatic N) is 2. The van der Waals surface area contributed by atoms with Gasteiger partial charge in [0.05, 0.1) is 7.11 Å². The van der Waals surface area contributed by atoms with Crippen molar-refractivity contribution in [3.8, 4) is 5.75 Å². The van der Waals surface area contributed by atoms with Crippen molar-refractivity contribution in [1.29, 1.82) is 0 Å². The Kier molecular flexibility index (Phi) is 6.23. The molecule has 0 atom stereocenters. The second-order valence-corrected chi connectivity index (χ2v) is 6.60. The minimum atomic E-state index is -0.369. The Balaban J connectivity index is 1.52. The monoisotopic (exact) mass is 356 g/mol. The maximum atomic E-state index is 13.4. The van der Waals surface area contributed by atoms with E-state index in [1.165, 1.54) is 17.7 Å². The fraction of sp³-hybridized carbons (Fsp3) is 0.381. The molecule has 1 aliphatic rings. The highest BCUT2D eigenvalue weighted by atomic mass is 19.1. The van der Waals surface area contributed by atoms with Gasteiger partial charge in [-0.15, -0.1) is 0 Å². The topological polar surface area (TPSA) is 32.8 Å². The van der Waals surface area contributed by atoms with Crippen LogP contribution in [0.15, 0.2) is 48.5 Å². The number of ether oxygens (including phenoxy) is 1. The van der Waals surface area contributed by atoms with E-state index in [0.717, 1.165) is 38.2 Å². The second kappa shape index (κ2) is 8.81. The van der Waals surface area contributed by atoms with Crippen molar-refractivity contribution in [2.24, 2.45) is 0 Å². The molecule has 1 fully saturated rings. The van der Waals surface area contributed by atoms with Crippen LogP contribution in [0.25, 0.3) is 0 Å². The van der Waals surface area contributed by atoms with Gasteiger partial charge in [-0.05, 0) is 55.3 Å². The summed E-state index contributed by atoms with van der Waals surface area (Å²) in [6.45, 7) is 4.18. The van der Waals surface area contributed by atoms with Crippen LogP contribution in [0.4, 0.5) is 4.39 Å². The van der Waals surface area contributed by atoms with Crippen LogP contribution < -0.4 is 4.74 Å². The van der Waals surface area contributed by atoms with Gasteiger partial charge in [-0.3, -0.25) is 4.79 Å². The average molecular weight is 356 g/mol. The molecule has 0 N–H and O–H groups in total. The zero-order chi connectivity index (χ0) is 18.4. The third-order valence-electron chi connectivity index (χ3n) is 4.82. The average Bonchev–Trinajstić information content (AvgIpc) is 2.92. The molecule has 5 heteroatoms. The normalized spacial score (nSPS) is 15.5. The number of amides is 1. The fourth-order valence-corrected chi connectivity index (χ4v) is 3.28. The van der Waals surface area contributed by atoms with E-state index in [9.17, 15) is 9.18 Å². The van der Waals surface area contributed by atoms with Gasteiger partial charge in [0.1, 0.15) is 11.6 Å². The summed E-state index contributed by atoms with van der Waals surface area (Å²) in [6.07, 6.45) is 1.91. The van der Waals surface area contributed by atoms with Crippen molar-refractivity contribution in [2.45, 2.75) is 12.8 Å². The van der Waals surface area contributed by atoms with Gasteiger partial charge in [0.25, 0.3) is 5.91 Å². The van der Waals surface area contributed by atoms with Crippen LogP contribution in [0.5, 0.6) is 5.75 Å².